The predicted molar refractivity (Wildman–Crippen MR) is 499 cm³/mol. The molecule has 0 radical (unpaired) electrons. The molecule has 4 unspecified atom stereocenters. The maximum absolute atomic E-state index is 13.1. The number of nitrogens with zero attached hydrogens (tertiary/aromatic N) is 2. The molecular weight excluding hydrogens is 2460 g/mol. The van der Waals surface area contributed by atoms with Gasteiger partial charge in [-0.15, -0.1) is 0 Å². The molecule has 4 saturated heterocycles. The van der Waals surface area contributed by atoms with Crippen LogP contribution in [0.25, 0.3) is 22.3 Å². The number of fused-ring (bicyclic) bond motifs is 6. The second-order valence-electron chi connectivity index (χ2n) is 34.8. The molecule has 4 aromatic carbocycles. The molecule has 0 spiro atoms. The minimum atomic E-state index is -2.21. The van der Waals surface area contributed by atoms with E-state index in [1.165, 1.54) is 17.0 Å². The zero-order valence-electron chi connectivity index (χ0n) is 76.5. The minimum absolute atomic E-state index is 0. The summed E-state index contributed by atoms with van der Waals surface area (Å²) in [5.74, 6) is -2.07. The van der Waals surface area contributed by atoms with Crippen LogP contribution in [0.3, 0.4) is 0 Å². The van der Waals surface area contributed by atoms with Gasteiger partial charge in [-0.2, -0.15) is 0 Å². The summed E-state index contributed by atoms with van der Waals surface area (Å²) in [5.41, 5.74) is 4.18. The van der Waals surface area contributed by atoms with E-state index >= 15 is 0 Å². The standard InChI is InChI=1S/C33H42N2O6Si.C25H24N2O8.C17H30N2O4Si.C9H12N2O6.C2H2Br2O.C2H3BrO2.CH3F.2Fm.H2O/c1-8-27-20(2)29(41-42(6,7)33(3,4)5)30(40-27)25-17-35(32(38)34-31(25)37)18-28(36)39-19-26-23-15-11-9-13-21(23)22-14-10-12-16-24(22)26;28-11-19-21(30)22(31)23(35-19)17-9-27(25(33)26-24(17)32)10-20(29)34-12-18-15-7-3-1-5-13(15)14-6-2-4-8-16(14)18;1-8-12-10(2)13(23-24(6,7)17(3,4)5)14(22-12)11-9-18-16(21)19-15(11)20;12-2-4-5(13)6(14)7(17-4)3-1-10-9(16)11-8(3)15;2*3-1-2(4)5;1-2;;;/h9-17,20,26-27,29-30H,8,18-19H2,1-7H3,(H,34,37,38);1-9,18-19,21-23,28,30-31H,10-12H2,(H,26,32,33);9-10,12-14H,8H2,1-7H3,(H2,18,19,20,21);1,4-7,12-14H,2H2,(H2,10,11,15,16);1H2;1H2,(H,4,5);1H3;;;1H2/t20?,27-,29+,30+;19-,21?,22+,23+;10?,12-,13+,14+;4-,5?,6+,7+;;;;;;/m1111....../s1/i;;;;;;1D;;;. The van der Waals surface area contributed by atoms with Gasteiger partial charge in [-0.25, -0.2) is 19.2 Å². The van der Waals surface area contributed by atoms with Gasteiger partial charge >= 0.3 is 40.7 Å². The van der Waals surface area contributed by atoms with E-state index in [4.69, 9.17) is 48.9 Å². The summed E-state index contributed by atoms with van der Waals surface area (Å²) in [5, 5.41) is 65.7. The minimum Gasteiger partial charge on any atom is -0.481 e. The Morgan fingerprint density at radius 1 is 0.481 bits per heavy atom. The van der Waals surface area contributed by atoms with Gasteiger partial charge in [-0.05, 0) is 110 Å². The number of benzene rings is 4. The first-order valence-corrected chi connectivity index (χ1v) is 50.8. The van der Waals surface area contributed by atoms with Gasteiger partial charge in [0, 0.05) is 48.5 Å². The van der Waals surface area contributed by atoms with Crippen LogP contribution in [0.1, 0.15) is 164 Å². The maximum atomic E-state index is 13.1. The number of aliphatic hydroxyl groups excluding tert-OH is 6. The summed E-state index contributed by atoms with van der Waals surface area (Å²) < 4.78 is 65.4. The molecular formula is C89H118Br3FFm2N8O28Si2. The number of halogens is 4. The molecule has 16 atom stereocenters. The summed E-state index contributed by atoms with van der Waals surface area (Å²) >= 11 is 8.32. The smallest absolute Gasteiger partial charge is 0.328 e. The fourth-order valence-corrected chi connectivity index (χ4v) is 18.2. The third-order valence-electron chi connectivity index (χ3n) is 24.4. The van der Waals surface area contributed by atoms with Crippen molar-refractivity contribution in [3.8, 4) is 22.3 Å². The van der Waals surface area contributed by atoms with E-state index in [0.717, 1.165) is 74.3 Å². The van der Waals surface area contributed by atoms with Crippen molar-refractivity contribution in [2.75, 3.05) is 44.2 Å². The van der Waals surface area contributed by atoms with Crippen molar-refractivity contribution in [3.63, 3.8) is 0 Å². The molecule has 44 heteroatoms. The van der Waals surface area contributed by atoms with E-state index in [1.54, 1.807) is 0 Å². The number of rotatable bonds is 22. The maximum Gasteiger partial charge on any atom is 0.328 e. The number of H-pyrrole nitrogens is 6. The molecule has 8 heterocycles. The summed E-state index contributed by atoms with van der Waals surface area (Å²) in [6.45, 7) is 28.6. The van der Waals surface area contributed by atoms with Crippen LogP contribution in [0.4, 0.5) is 4.39 Å². The number of hydrogen-bond acceptors (Lipinski definition) is 26. The van der Waals surface area contributed by atoms with Crippen LogP contribution in [-0.2, 0) is 69.5 Å². The molecule has 0 amide bonds. The third-order valence-corrected chi connectivity index (χ3v) is 35.3. The number of carbonyl (C=O) groups excluding carboxylic acids is 3. The molecule has 8 aromatic rings. The van der Waals surface area contributed by atoms with Crippen LogP contribution in [0.5, 0.6) is 0 Å². The van der Waals surface area contributed by atoms with E-state index in [-0.39, 0.29) is 110 Å². The van der Waals surface area contributed by atoms with Gasteiger partial charge in [0.05, 0.1) is 73.7 Å². The van der Waals surface area contributed by atoms with Gasteiger partial charge in [0.1, 0.15) is 92.7 Å². The Morgan fingerprint density at radius 3 is 1.04 bits per heavy atom. The molecule has 0 saturated carbocycles. The first kappa shape index (κ1) is 111. The molecule has 36 nitrogen and oxygen atoms in total. The zero-order valence-corrected chi connectivity index (χ0v) is 87.1. The van der Waals surface area contributed by atoms with Crippen molar-refractivity contribution in [1.82, 2.24) is 39.0 Å². The number of aromatic amines is 6. The topological polar surface area (TPSA) is 556 Å². The van der Waals surface area contributed by atoms with Crippen LogP contribution in [-0.4, -0.2) is 225 Å². The van der Waals surface area contributed by atoms with Crippen molar-refractivity contribution >= 4 is 87.0 Å². The molecule has 742 valence electrons. The van der Waals surface area contributed by atoms with E-state index in [1.807, 2.05) is 77.8 Å². The Bertz CT molecular complexity index is 5670. The molecule has 4 fully saturated rings. The van der Waals surface area contributed by atoms with Crippen molar-refractivity contribution < 1.29 is 103 Å². The largest absolute Gasteiger partial charge is 0.481 e. The fourth-order valence-electron chi connectivity index (χ4n) is 15.4. The number of alkyl halides is 3. The number of aliphatic carboxylic acids is 1. The van der Waals surface area contributed by atoms with Crippen LogP contribution in [0, 0.1) is 11.8 Å². The summed E-state index contributed by atoms with van der Waals surface area (Å²) in [4.78, 5) is 155. The van der Waals surface area contributed by atoms with Crippen LogP contribution in [0.15, 0.2) is 160 Å². The second kappa shape index (κ2) is 48.8. The summed E-state index contributed by atoms with van der Waals surface area (Å²) in [7, 11) is -5.23. The van der Waals surface area contributed by atoms with E-state index in [9.17, 15) is 87.5 Å². The van der Waals surface area contributed by atoms with Crippen molar-refractivity contribution in [2.24, 2.45) is 11.8 Å². The van der Waals surface area contributed by atoms with Gasteiger partial charge in [0.15, 0.2) is 16.6 Å². The Labute approximate surface area is 781 Å². The molecule has 14 rings (SSSR count). The first-order chi connectivity index (χ1) is 61.7. The molecule has 15 N–H and O–H groups in total. The average molecular weight is 2580 g/mol. The molecule has 0 bridgehead atoms. The number of carboxylic acids is 1. The van der Waals surface area contributed by atoms with E-state index in [0.29, 0.717) is 10.9 Å². The van der Waals surface area contributed by atoms with Crippen molar-refractivity contribution in [3.05, 3.63) is 250 Å². The number of nitrogens with one attached hydrogen (secondary N) is 6. The average Bonchev–Trinajstić information content (AvgIpc) is 1.61. The summed E-state index contributed by atoms with van der Waals surface area (Å²) in [6.07, 6.45) is -4.89. The number of aromatic nitrogens is 8. The Kier molecular flexibility index (Phi) is 40.6. The van der Waals surface area contributed by atoms with E-state index in [2.05, 4.69) is 192 Å². The van der Waals surface area contributed by atoms with E-state index < -0.39 is 167 Å². The van der Waals surface area contributed by atoms with Gasteiger partial charge in [-0.1, -0.05) is 198 Å². The number of carbonyl (C=O) groups is 4. The zero-order chi connectivity index (χ0) is 97.2. The Hall–Kier alpha value is -11.0. The van der Waals surface area contributed by atoms with Crippen LogP contribution < -0.4 is 45.0 Å². The van der Waals surface area contributed by atoms with Gasteiger partial charge in [0.25, 0.3) is 22.2 Å². The van der Waals surface area contributed by atoms with Gasteiger partial charge in [0.2, 0.25) is 4.69 Å². The number of aliphatic hydroxyl groups is 6. The number of hydrogen-bond donors (Lipinski definition) is 13. The van der Waals surface area contributed by atoms with Crippen molar-refractivity contribution in [2.45, 2.75) is 229 Å². The predicted octanol–water partition coefficient (Wildman–Crippen LogP) is 7.50. The SMILES string of the molecule is CC[C@H]1O[C@@H](c2c[nH]c(=O)[nH]c2=O)[C@@H](O[Si](C)(C)C(C)(C)C)C1C.CC[C@H]1O[C@@H](c2cn(CC(=O)OCC3c4ccccc4-c4ccccc43)c(=O)[nH]c2=O)[C@@H](O[Si](C)(C)C(C)(C)C)C1C.O.O=C(Br)CBr.O=C(Cn1cc([C@@H]2O[C@H](CO)C(O)[C@@H]2O)c(=O)[nH]c1=O)OCC1c2ccccc2-c2ccccc21.O=C(O)CBr.O=c1[nH]cc([C@@H]2O[C@H](CO)C(O)[C@@H]2O)c(=O)[nH]1.[2H]CF.[Fm].[Fm]. The molecule has 4 aromatic heterocycles. The number of ether oxygens (including phenoxy) is 6. The van der Waals surface area contributed by atoms with Crippen molar-refractivity contribution in [1.29, 1.82) is 0 Å². The molecule has 133 heavy (non-hydrogen) atoms. The normalized spacial score (nSPS) is 23.1. The third kappa shape index (κ3) is 26.8. The fraction of sp³-hybridized carbons (Fsp3) is 0.506. The van der Waals surface area contributed by atoms with Gasteiger partial charge < -0.3 is 88.5 Å². The van der Waals surface area contributed by atoms with Crippen LogP contribution >= 0.6 is 47.8 Å². The molecule has 6 aliphatic rings. The number of esters is 2. The quantitative estimate of drug-likeness (QED) is 0.0135. The molecule has 2 aliphatic carbocycles. The Balaban J connectivity index is 0.000000311. The Morgan fingerprint density at radius 2 is 0.759 bits per heavy atom. The number of carboxylic acid groups (broad SMARTS) is 1. The van der Waals surface area contributed by atoms with Crippen LogP contribution in [0.2, 0.25) is 36.3 Å². The first-order valence-electron chi connectivity index (χ1n) is 42.7. The monoisotopic (exact) mass is 2570 g/mol. The molecule has 4 aliphatic heterocycles. The summed E-state index contributed by atoms with van der Waals surface area (Å²) in [6, 6.07) is 32.0. The van der Waals surface area contributed by atoms with Gasteiger partial charge in [-0.3, -0.25) is 71.8 Å². The second-order valence-corrected chi connectivity index (χ2v) is 46.3.